The second kappa shape index (κ2) is 4.25. The number of carbonyl (C=O) groups excluding carboxylic acids is 1. The molecule has 0 aliphatic carbocycles. The quantitative estimate of drug-likeness (QED) is 0.863. The molecule has 0 atom stereocenters. The van der Waals surface area contributed by atoms with Crippen LogP contribution in [0.2, 0.25) is 0 Å². The van der Waals surface area contributed by atoms with Crippen LogP contribution in [-0.4, -0.2) is 30.6 Å². The first-order chi connectivity index (χ1) is 8.81. The molecule has 5 heteroatoms. The molecule has 2 heterocycles. The molecule has 0 radical (unpaired) electrons. The van der Waals surface area contributed by atoms with Gasteiger partial charge in [0.15, 0.2) is 5.82 Å². The molecule has 1 N–H and O–H groups in total. The molecule has 18 heavy (non-hydrogen) atoms. The van der Waals surface area contributed by atoms with Crippen molar-refractivity contribution in [2.75, 3.05) is 25.1 Å². The molecule has 0 bridgehead atoms. The third-order valence-corrected chi connectivity index (χ3v) is 2.94. The maximum atomic E-state index is 12.3. The number of fused-ring (bicyclic) bond motifs is 2. The van der Waals surface area contributed by atoms with E-state index in [0.29, 0.717) is 37.1 Å². The Bertz CT molecular complexity index is 525. The van der Waals surface area contributed by atoms with Crippen molar-refractivity contribution in [2.45, 2.75) is 6.92 Å². The van der Waals surface area contributed by atoms with Crippen LogP contribution in [0.5, 0.6) is 0 Å². The summed E-state index contributed by atoms with van der Waals surface area (Å²) in [5.41, 5.74) is 1.47. The molecule has 0 saturated carbocycles. The van der Waals surface area contributed by atoms with Crippen LogP contribution in [0.4, 0.5) is 5.69 Å². The average molecular weight is 246 g/mol. The van der Waals surface area contributed by atoms with Crippen molar-refractivity contribution in [3.63, 3.8) is 0 Å². The largest absolute Gasteiger partial charge is 0.463 e. The lowest BCUT2D eigenvalue weighted by Crippen LogP contribution is -2.44. The van der Waals surface area contributed by atoms with Crippen LogP contribution in [0.25, 0.3) is 0 Å². The van der Waals surface area contributed by atoms with E-state index in [2.05, 4.69) is 5.32 Å². The Morgan fingerprint density at radius 1 is 1.44 bits per heavy atom. The Labute approximate surface area is 105 Å². The summed E-state index contributed by atoms with van der Waals surface area (Å²) < 4.78 is 10.9. The molecule has 2 aliphatic heterocycles. The Hall–Kier alpha value is -2.17. The Balaban J connectivity index is 2.07. The second-order valence-corrected chi connectivity index (χ2v) is 4.04. The highest BCUT2D eigenvalue weighted by Crippen LogP contribution is 2.30. The fourth-order valence-electron chi connectivity index (χ4n) is 2.13. The van der Waals surface area contributed by atoms with Gasteiger partial charge < -0.3 is 14.8 Å². The van der Waals surface area contributed by atoms with Gasteiger partial charge in [-0.3, -0.25) is 9.69 Å². The van der Waals surface area contributed by atoms with E-state index in [0.717, 1.165) is 5.69 Å². The number of carbonyl (C=O) groups is 1. The summed E-state index contributed by atoms with van der Waals surface area (Å²) in [6.45, 7) is 3.37. The van der Waals surface area contributed by atoms with Crippen LogP contribution in [0, 0.1) is 0 Å². The van der Waals surface area contributed by atoms with E-state index in [9.17, 15) is 4.79 Å². The van der Waals surface area contributed by atoms with E-state index in [-0.39, 0.29) is 5.91 Å². The van der Waals surface area contributed by atoms with Crippen molar-refractivity contribution in [3.8, 4) is 0 Å². The molecular formula is C13H14N2O3. The number of rotatable bonds is 2. The molecular weight excluding hydrogens is 232 g/mol. The highest BCUT2D eigenvalue weighted by Gasteiger charge is 2.34. The maximum absolute atomic E-state index is 12.3. The van der Waals surface area contributed by atoms with Crippen LogP contribution in [0.3, 0.4) is 0 Å². The first-order valence-electron chi connectivity index (χ1n) is 5.99. The summed E-state index contributed by atoms with van der Waals surface area (Å²) in [6.07, 6.45) is 0. The van der Waals surface area contributed by atoms with E-state index in [4.69, 9.17) is 9.47 Å². The predicted molar refractivity (Wildman–Crippen MR) is 65.7 cm³/mol. The summed E-state index contributed by atoms with van der Waals surface area (Å²) in [7, 11) is 0. The summed E-state index contributed by atoms with van der Waals surface area (Å²) >= 11 is 0. The number of hydrogen-bond donors (Lipinski definition) is 1. The highest BCUT2D eigenvalue weighted by atomic mass is 16.7. The number of anilines is 1. The van der Waals surface area contributed by atoms with Gasteiger partial charge in [-0.05, 0) is 19.1 Å². The minimum atomic E-state index is -0.0140. The normalized spacial score (nSPS) is 17.6. The Kier molecular flexibility index (Phi) is 2.59. The maximum Gasteiger partial charge on any atom is 0.322 e. The lowest BCUT2D eigenvalue weighted by Gasteiger charge is -2.35. The van der Waals surface area contributed by atoms with Gasteiger partial charge in [-0.15, -0.1) is 0 Å². The number of para-hydroxylation sites is 1. The topological polar surface area (TPSA) is 50.8 Å². The lowest BCUT2D eigenvalue weighted by molar-refractivity contribution is 0.00288. The summed E-state index contributed by atoms with van der Waals surface area (Å²) in [4.78, 5) is 14.0. The van der Waals surface area contributed by atoms with Gasteiger partial charge in [0.1, 0.15) is 6.61 Å². The number of benzene rings is 1. The molecule has 2 aliphatic rings. The van der Waals surface area contributed by atoms with Crippen LogP contribution < -0.4 is 5.32 Å². The number of nitrogens with one attached hydrogen (secondary N) is 1. The Morgan fingerprint density at radius 3 is 3.11 bits per heavy atom. The van der Waals surface area contributed by atoms with Crippen molar-refractivity contribution in [2.24, 2.45) is 0 Å². The molecule has 1 amide bonds. The molecule has 0 spiro atoms. The van der Waals surface area contributed by atoms with Crippen molar-refractivity contribution >= 4 is 11.6 Å². The van der Waals surface area contributed by atoms with E-state index in [1.54, 1.807) is 4.90 Å². The van der Waals surface area contributed by atoms with Crippen LogP contribution >= 0.6 is 0 Å². The fraction of sp³-hybridized carbons (Fsp3) is 0.308. The van der Waals surface area contributed by atoms with Gasteiger partial charge in [-0.1, -0.05) is 12.1 Å². The van der Waals surface area contributed by atoms with Crippen molar-refractivity contribution in [1.29, 1.82) is 0 Å². The first kappa shape index (κ1) is 11.0. The third-order valence-electron chi connectivity index (χ3n) is 2.94. The van der Waals surface area contributed by atoms with Crippen LogP contribution in [-0.2, 0) is 9.47 Å². The van der Waals surface area contributed by atoms with Crippen LogP contribution in [0.1, 0.15) is 17.3 Å². The molecule has 0 fully saturated rings. The molecule has 3 rings (SSSR count). The fourth-order valence-corrected chi connectivity index (χ4v) is 2.13. The van der Waals surface area contributed by atoms with Crippen molar-refractivity contribution < 1.29 is 14.3 Å². The standard InChI is InChI=1S/C13H14N2O3/c1-2-17-13-11-14-10-6-4-3-5-9(10)12(16)15(11)7-8-18-13/h3-6,14H,2,7-8H2,1H3. The molecule has 0 saturated heterocycles. The van der Waals surface area contributed by atoms with Gasteiger partial charge in [0.05, 0.1) is 24.4 Å². The minimum Gasteiger partial charge on any atom is -0.463 e. The highest BCUT2D eigenvalue weighted by molar-refractivity contribution is 6.03. The Morgan fingerprint density at radius 2 is 2.28 bits per heavy atom. The smallest absolute Gasteiger partial charge is 0.322 e. The van der Waals surface area contributed by atoms with Crippen LogP contribution in [0.15, 0.2) is 36.0 Å². The zero-order valence-electron chi connectivity index (χ0n) is 10.1. The number of nitrogens with zero attached hydrogens (tertiary/aromatic N) is 1. The minimum absolute atomic E-state index is 0.0140. The van der Waals surface area contributed by atoms with E-state index < -0.39 is 0 Å². The van der Waals surface area contributed by atoms with Gasteiger partial charge in [-0.25, -0.2) is 0 Å². The van der Waals surface area contributed by atoms with Gasteiger partial charge >= 0.3 is 5.95 Å². The van der Waals surface area contributed by atoms with E-state index in [1.807, 2.05) is 31.2 Å². The molecule has 5 nitrogen and oxygen atoms in total. The monoisotopic (exact) mass is 246 g/mol. The SMILES string of the molecule is CCOC1=C2Nc3ccccc3C(=O)N2CCO1. The lowest BCUT2D eigenvalue weighted by atomic mass is 10.1. The zero-order valence-corrected chi connectivity index (χ0v) is 10.1. The van der Waals surface area contributed by atoms with Crippen molar-refractivity contribution in [1.82, 2.24) is 4.90 Å². The number of hydrogen-bond acceptors (Lipinski definition) is 4. The second-order valence-electron chi connectivity index (χ2n) is 4.04. The van der Waals surface area contributed by atoms with Gasteiger partial charge in [0.2, 0.25) is 0 Å². The van der Waals surface area contributed by atoms with E-state index in [1.165, 1.54) is 0 Å². The summed E-state index contributed by atoms with van der Waals surface area (Å²) in [5.74, 6) is 0.984. The molecule has 1 aromatic carbocycles. The molecule has 0 aromatic heterocycles. The average Bonchev–Trinajstić information content (AvgIpc) is 2.40. The molecule has 94 valence electrons. The van der Waals surface area contributed by atoms with Crippen molar-refractivity contribution in [3.05, 3.63) is 41.6 Å². The third kappa shape index (κ3) is 1.59. The molecule has 1 aromatic rings. The predicted octanol–water partition coefficient (Wildman–Crippen LogP) is 1.75. The van der Waals surface area contributed by atoms with E-state index >= 15 is 0 Å². The number of amides is 1. The number of ether oxygens (including phenoxy) is 2. The summed E-state index contributed by atoms with van der Waals surface area (Å²) in [5, 5.41) is 3.20. The van der Waals surface area contributed by atoms with Gasteiger partial charge in [-0.2, -0.15) is 0 Å². The summed E-state index contributed by atoms with van der Waals surface area (Å²) in [6, 6.07) is 7.43. The molecule has 0 unspecified atom stereocenters. The van der Waals surface area contributed by atoms with Gasteiger partial charge in [0, 0.05) is 0 Å². The first-order valence-corrected chi connectivity index (χ1v) is 5.99. The zero-order chi connectivity index (χ0) is 12.5. The van der Waals surface area contributed by atoms with Gasteiger partial charge in [0.25, 0.3) is 5.91 Å².